The third kappa shape index (κ3) is 4.02. The molecule has 9 nitrogen and oxygen atoms in total. The summed E-state index contributed by atoms with van der Waals surface area (Å²) in [4.78, 5) is 44.9. The molecular weight excluding hydrogens is 426 g/mol. The summed E-state index contributed by atoms with van der Waals surface area (Å²) in [5.74, 6) is -0.246. The van der Waals surface area contributed by atoms with E-state index in [1.165, 1.54) is 6.26 Å². The summed E-state index contributed by atoms with van der Waals surface area (Å²) in [5.41, 5.74) is -0.421. The highest BCUT2D eigenvalue weighted by molar-refractivity contribution is 5.98. The molecule has 3 fully saturated rings. The predicted octanol–water partition coefficient (Wildman–Crippen LogP) is 1.61. The maximum absolute atomic E-state index is 13.7. The van der Waals surface area contributed by atoms with Gasteiger partial charge in [0, 0.05) is 44.6 Å². The number of carbonyl (C=O) groups is 3. The molecule has 3 amide bonds. The van der Waals surface area contributed by atoms with Crippen LogP contribution in [-0.2, 0) is 14.3 Å². The van der Waals surface area contributed by atoms with Gasteiger partial charge >= 0.3 is 0 Å². The van der Waals surface area contributed by atoms with Crippen molar-refractivity contribution in [1.82, 2.24) is 14.7 Å². The molecule has 0 bridgehead atoms. The second kappa shape index (κ2) is 8.99. The first-order valence-corrected chi connectivity index (χ1v) is 11.3. The van der Waals surface area contributed by atoms with Crippen molar-refractivity contribution in [3.05, 3.63) is 60.1 Å². The molecule has 1 aromatic carbocycles. The fourth-order valence-electron chi connectivity index (χ4n) is 4.89. The lowest BCUT2D eigenvalue weighted by Crippen LogP contribution is -2.60. The standard InChI is InChI=1S/C24H27N3O6/c28-21(18-5-2-1-3-6-18)27-19(22(29)26-12-15-31-16-13-26)17-33-24(27)8-10-25(11-9-24)23(30)20-7-4-14-32-20/h1-7,14,19H,8-13,15-17H2. The molecule has 1 unspecified atom stereocenters. The highest BCUT2D eigenvalue weighted by Crippen LogP contribution is 2.39. The zero-order valence-corrected chi connectivity index (χ0v) is 18.4. The van der Waals surface area contributed by atoms with Crippen molar-refractivity contribution in [2.75, 3.05) is 46.0 Å². The smallest absolute Gasteiger partial charge is 0.289 e. The van der Waals surface area contributed by atoms with Crippen LogP contribution in [0.2, 0.25) is 0 Å². The first-order chi connectivity index (χ1) is 16.1. The summed E-state index contributed by atoms with van der Waals surface area (Å²) in [7, 11) is 0. The van der Waals surface area contributed by atoms with Crippen LogP contribution < -0.4 is 0 Å². The molecule has 0 saturated carbocycles. The monoisotopic (exact) mass is 453 g/mol. The molecule has 5 rings (SSSR count). The van der Waals surface area contributed by atoms with Gasteiger partial charge in [0.1, 0.15) is 11.8 Å². The average molecular weight is 453 g/mol. The number of nitrogens with zero attached hydrogens (tertiary/aromatic N) is 3. The Labute approximate surface area is 191 Å². The van der Waals surface area contributed by atoms with E-state index in [9.17, 15) is 14.4 Å². The Morgan fingerprint density at radius 1 is 0.848 bits per heavy atom. The van der Waals surface area contributed by atoms with Crippen molar-refractivity contribution in [2.45, 2.75) is 24.6 Å². The molecule has 9 heteroatoms. The quantitative estimate of drug-likeness (QED) is 0.701. The average Bonchev–Trinajstić information content (AvgIpc) is 3.53. The van der Waals surface area contributed by atoms with Crippen LogP contribution in [0.1, 0.15) is 33.8 Å². The third-order valence-corrected chi connectivity index (χ3v) is 6.67. The van der Waals surface area contributed by atoms with Gasteiger partial charge in [-0.25, -0.2) is 0 Å². The number of carbonyl (C=O) groups excluding carboxylic acids is 3. The van der Waals surface area contributed by atoms with E-state index in [-0.39, 0.29) is 30.1 Å². The minimum Gasteiger partial charge on any atom is -0.459 e. The number of hydrogen-bond donors (Lipinski definition) is 0. The molecule has 3 aliphatic heterocycles. The number of piperidine rings is 1. The van der Waals surface area contributed by atoms with E-state index in [0.29, 0.717) is 57.8 Å². The summed E-state index contributed by atoms with van der Waals surface area (Å²) >= 11 is 0. The second-order valence-electron chi connectivity index (χ2n) is 8.52. The van der Waals surface area contributed by atoms with Crippen LogP contribution in [0.15, 0.2) is 53.1 Å². The Hall–Kier alpha value is -3.17. The lowest BCUT2D eigenvalue weighted by molar-refractivity contribution is -0.141. The van der Waals surface area contributed by atoms with Crippen LogP contribution in [-0.4, -0.2) is 90.2 Å². The number of ether oxygens (including phenoxy) is 2. The van der Waals surface area contributed by atoms with Crippen molar-refractivity contribution in [1.29, 1.82) is 0 Å². The Morgan fingerprint density at radius 3 is 2.24 bits per heavy atom. The van der Waals surface area contributed by atoms with Crippen molar-refractivity contribution in [3.8, 4) is 0 Å². The SMILES string of the molecule is O=C(c1ccco1)N1CCC2(CC1)OCC(C(=O)N1CCOCC1)N2C(=O)c1ccccc1. The Morgan fingerprint density at radius 2 is 1.58 bits per heavy atom. The molecule has 0 N–H and O–H groups in total. The molecule has 2 aromatic rings. The second-order valence-corrected chi connectivity index (χ2v) is 8.52. The largest absolute Gasteiger partial charge is 0.459 e. The maximum atomic E-state index is 13.7. The summed E-state index contributed by atoms with van der Waals surface area (Å²) in [6, 6.07) is 11.6. The summed E-state index contributed by atoms with van der Waals surface area (Å²) in [6.45, 7) is 2.91. The van der Waals surface area contributed by atoms with E-state index < -0.39 is 11.8 Å². The van der Waals surface area contributed by atoms with E-state index >= 15 is 0 Å². The third-order valence-electron chi connectivity index (χ3n) is 6.67. The molecular formula is C24H27N3O6. The lowest BCUT2D eigenvalue weighted by atomic mass is 9.96. The van der Waals surface area contributed by atoms with Crippen molar-refractivity contribution < 1.29 is 28.3 Å². The van der Waals surface area contributed by atoms with Crippen LogP contribution in [0.25, 0.3) is 0 Å². The topological polar surface area (TPSA) is 92.5 Å². The Balaban J connectivity index is 1.39. The zero-order chi connectivity index (χ0) is 22.8. The molecule has 3 saturated heterocycles. The van der Waals surface area contributed by atoms with Crippen LogP contribution >= 0.6 is 0 Å². The van der Waals surface area contributed by atoms with Crippen LogP contribution in [0.5, 0.6) is 0 Å². The number of morpholine rings is 1. The van der Waals surface area contributed by atoms with E-state index in [2.05, 4.69) is 0 Å². The summed E-state index contributed by atoms with van der Waals surface area (Å²) in [5, 5.41) is 0. The van der Waals surface area contributed by atoms with E-state index in [1.807, 2.05) is 6.07 Å². The van der Waals surface area contributed by atoms with Crippen LogP contribution in [0.3, 0.4) is 0 Å². The molecule has 33 heavy (non-hydrogen) atoms. The molecule has 1 spiro atoms. The minimum atomic E-state index is -0.931. The number of likely N-dealkylation sites (tertiary alicyclic amines) is 1. The number of rotatable bonds is 3. The molecule has 0 radical (unpaired) electrons. The molecule has 1 atom stereocenters. The first-order valence-electron chi connectivity index (χ1n) is 11.3. The van der Waals surface area contributed by atoms with Gasteiger partial charge in [-0.2, -0.15) is 0 Å². The fourth-order valence-corrected chi connectivity index (χ4v) is 4.89. The van der Waals surface area contributed by atoms with Gasteiger partial charge < -0.3 is 23.7 Å². The first kappa shape index (κ1) is 21.7. The van der Waals surface area contributed by atoms with Crippen molar-refractivity contribution >= 4 is 17.7 Å². The number of benzene rings is 1. The van der Waals surface area contributed by atoms with E-state index in [4.69, 9.17) is 13.9 Å². The lowest BCUT2D eigenvalue weighted by Gasteiger charge is -2.44. The maximum Gasteiger partial charge on any atom is 0.289 e. The fraction of sp³-hybridized carbons (Fsp3) is 0.458. The van der Waals surface area contributed by atoms with Crippen molar-refractivity contribution in [3.63, 3.8) is 0 Å². The summed E-state index contributed by atoms with van der Waals surface area (Å²) in [6.07, 6.45) is 2.32. The number of amides is 3. The Kier molecular flexibility index (Phi) is 5.90. The van der Waals surface area contributed by atoms with E-state index in [0.717, 1.165) is 0 Å². The molecule has 3 aliphatic rings. The van der Waals surface area contributed by atoms with Crippen LogP contribution in [0, 0.1) is 0 Å². The molecule has 174 valence electrons. The van der Waals surface area contributed by atoms with Crippen LogP contribution in [0.4, 0.5) is 0 Å². The zero-order valence-electron chi connectivity index (χ0n) is 18.4. The highest BCUT2D eigenvalue weighted by atomic mass is 16.5. The van der Waals surface area contributed by atoms with E-state index in [1.54, 1.807) is 51.1 Å². The molecule has 1 aromatic heterocycles. The number of furan rings is 1. The van der Waals surface area contributed by atoms with Gasteiger partial charge in [-0.1, -0.05) is 18.2 Å². The normalized spacial score (nSPS) is 22.5. The summed E-state index contributed by atoms with van der Waals surface area (Å²) < 4.78 is 16.9. The van der Waals surface area contributed by atoms with Gasteiger partial charge in [-0.3, -0.25) is 19.3 Å². The number of hydrogen-bond acceptors (Lipinski definition) is 6. The van der Waals surface area contributed by atoms with Gasteiger partial charge in [0.2, 0.25) is 5.91 Å². The minimum absolute atomic E-state index is 0.117. The molecule has 4 heterocycles. The highest BCUT2D eigenvalue weighted by Gasteiger charge is 2.55. The van der Waals surface area contributed by atoms with Gasteiger partial charge in [-0.15, -0.1) is 0 Å². The predicted molar refractivity (Wildman–Crippen MR) is 116 cm³/mol. The van der Waals surface area contributed by atoms with Gasteiger partial charge in [0.05, 0.1) is 26.1 Å². The van der Waals surface area contributed by atoms with Crippen molar-refractivity contribution in [2.24, 2.45) is 0 Å². The van der Waals surface area contributed by atoms with Gasteiger partial charge in [0.25, 0.3) is 11.8 Å². The van der Waals surface area contributed by atoms with Gasteiger partial charge in [-0.05, 0) is 24.3 Å². The molecule has 0 aliphatic carbocycles. The Bertz CT molecular complexity index is 994. The van der Waals surface area contributed by atoms with Gasteiger partial charge in [0.15, 0.2) is 5.76 Å².